The van der Waals surface area contributed by atoms with Crippen molar-refractivity contribution in [2.45, 2.75) is 0 Å². The maximum absolute atomic E-state index is 8.22. The third-order valence-corrected chi connectivity index (χ3v) is 1.17. The summed E-state index contributed by atoms with van der Waals surface area (Å²) in [6, 6.07) is 0. The van der Waals surface area contributed by atoms with Crippen LogP contribution < -0.4 is 22.5 Å². The molecule has 1 rings (SSSR count). The summed E-state index contributed by atoms with van der Waals surface area (Å²) in [5, 5.41) is 10.4. The molecule has 7 heteroatoms. The Balaban J connectivity index is 3.14. The molecule has 62 valence electrons. The highest BCUT2D eigenvalue weighted by atomic mass is 15.1. The molecule has 0 aliphatic rings. The first-order valence-corrected chi connectivity index (χ1v) is 2.98. The Morgan fingerprint density at radius 2 is 1.67 bits per heavy atom. The van der Waals surface area contributed by atoms with E-state index in [1.807, 2.05) is 0 Å². The summed E-state index contributed by atoms with van der Waals surface area (Å²) in [6.45, 7) is 0. The quantitative estimate of drug-likeness (QED) is 0.312. The van der Waals surface area contributed by atoms with Crippen molar-refractivity contribution < 1.29 is 0 Å². The summed E-state index contributed by atoms with van der Waals surface area (Å²) in [5.41, 5.74) is 16.2. The maximum atomic E-state index is 8.22. The summed E-state index contributed by atoms with van der Waals surface area (Å²) in [4.78, 5) is 7.30. The van der Waals surface area contributed by atoms with Crippen molar-refractivity contribution in [2.24, 2.45) is 0 Å². The van der Waals surface area contributed by atoms with E-state index < -0.39 is 0 Å². The van der Waals surface area contributed by atoms with Gasteiger partial charge < -0.3 is 17.2 Å². The van der Waals surface area contributed by atoms with Gasteiger partial charge in [-0.1, -0.05) is 0 Å². The molecule has 0 aliphatic heterocycles. The SMILES string of the molecule is N#CNc1nc(N)c(N)c(N)n1. The molecular weight excluding hydrogens is 158 g/mol. The van der Waals surface area contributed by atoms with Crippen LogP contribution in [0.2, 0.25) is 0 Å². The molecular formula is C5H7N7. The van der Waals surface area contributed by atoms with E-state index in [0.717, 1.165) is 0 Å². The van der Waals surface area contributed by atoms with Gasteiger partial charge in [-0.3, -0.25) is 5.32 Å². The fourth-order valence-corrected chi connectivity index (χ4v) is 0.611. The minimum Gasteiger partial charge on any atom is -0.393 e. The number of nitriles is 1. The number of rotatable bonds is 1. The third kappa shape index (κ3) is 1.27. The van der Waals surface area contributed by atoms with Gasteiger partial charge in [0.15, 0.2) is 17.8 Å². The van der Waals surface area contributed by atoms with E-state index in [9.17, 15) is 0 Å². The normalized spacial score (nSPS) is 8.92. The van der Waals surface area contributed by atoms with Crippen LogP contribution in [0.3, 0.4) is 0 Å². The van der Waals surface area contributed by atoms with E-state index in [1.165, 1.54) is 0 Å². The molecule has 1 heterocycles. The lowest BCUT2D eigenvalue weighted by Crippen LogP contribution is -2.07. The van der Waals surface area contributed by atoms with E-state index >= 15 is 0 Å². The van der Waals surface area contributed by atoms with E-state index in [1.54, 1.807) is 6.19 Å². The van der Waals surface area contributed by atoms with Gasteiger partial charge in [0.1, 0.15) is 5.69 Å². The molecule has 0 unspecified atom stereocenters. The van der Waals surface area contributed by atoms with Crippen LogP contribution in [0.25, 0.3) is 0 Å². The predicted molar refractivity (Wildman–Crippen MR) is 44.5 cm³/mol. The Bertz CT molecular complexity index is 315. The molecule has 7 N–H and O–H groups in total. The van der Waals surface area contributed by atoms with Crippen molar-refractivity contribution in [2.75, 3.05) is 22.5 Å². The number of nitrogens with zero attached hydrogens (tertiary/aromatic N) is 3. The number of aromatic nitrogens is 2. The molecule has 0 aliphatic carbocycles. The predicted octanol–water partition coefficient (Wildman–Crippen LogP) is -0.884. The zero-order valence-electron chi connectivity index (χ0n) is 6.07. The molecule has 1 aromatic heterocycles. The van der Waals surface area contributed by atoms with E-state index in [0.29, 0.717) is 0 Å². The summed E-state index contributed by atoms with van der Waals surface area (Å²) >= 11 is 0. The molecule has 12 heavy (non-hydrogen) atoms. The number of nitrogen functional groups attached to an aromatic ring is 3. The van der Waals surface area contributed by atoms with Crippen LogP contribution in [-0.2, 0) is 0 Å². The van der Waals surface area contributed by atoms with E-state index in [4.69, 9.17) is 22.5 Å². The zero-order chi connectivity index (χ0) is 9.14. The van der Waals surface area contributed by atoms with Crippen molar-refractivity contribution in [3.8, 4) is 6.19 Å². The molecule has 0 fully saturated rings. The van der Waals surface area contributed by atoms with Gasteiger partial charge in [0, 0.05) is 0 Å². The lowest BCUT2D eigenvalue weighted by Gasteiger charge is -2.03. The molecule has 0 aromatic carbocycles. The van der Waals surface area contributed by atoms with Crippen LogP contribution in [0.5, 0.6) is 0 Å². The molecule has 0 atom stereocenters. The van der Waals surface area contributed by atoms with Crippen LogP contribution in [0.15, 0.2) is 0 Å². The first kappa shape index (κ1) is 7.87. The van der Waals surface area contributed by atoms with Crippen molar-refractivity contribution in [1.29, 1.82) is 5.26 Å². The van der Waals surface area contributed by atoms with Crippen LogP contribution in [0.1, 0.15) is 0 Å². The zero-order valence-corrected chi connectivity index (χ0v) is 6.07. The summed E-state index contributed by atoms with van der Waals surface area (Å²) in [7, 11) is 0. The number of nitrogens with two attached hydrogens (primary N) is 3. The van der Waals surface area contributed by atoms with Crippen LogP contribution in [-0.4, -0.2) is 9.97 Å². The summed E-state index contributed by atoms with van der Waals surface area (Å²) in [5.74, 6) is 0.155. The second-order valence-electron chi connectivity index (χ2n) is 1.97. The second-order valence-corrected chi connectivity index (χ2v) is 1.97. The number of hydrogen-bond acceptors (Lipinski definition) is 7. The van der Waals surface area contributed by atoms with Crippen LogP contribution >= 0.6 is 0 Å². The van der Waals surface area contributed by atoms with Gasteiger partial charge in [-0.05, 0) is 0 Å². The summed E-state index contributed by atoms with van der Waals surface area (Å²) < 4.78 is 0. The topological polar surface area (TPSA) is 140 Å². The smallest absolute Gasteiger partial charge is 0.240 e. The fourth-order valence-electron chi connectivity index (χ4n) is 0.611. The van der Waals surface area contributed by atoms with Crippen LogP contribution in [0.4, 0.5) is 23.3 Å². The van der Waals surface area contributed by atoms with Gasteiger partial charge in [0.05, 0.1) is 0 Å². The Morgan fingerprint density at radius 3 is 2.08 bits per heavy atom. The third-order valence-electron chi connectivity index (χ3n) is 1.17. The molecule has 0 radical (unpaired) electrons. The number of anilines is 4. The number of hydrogen-bond donors (Lipinski definition) is 4. The first-order valence-electron chi connectivity index (χ1n) is 2.98. The van der Waals surface area contributed by atoms with E-state index in [-0.39, 0.29) is 23.3 Å². The molecule has 1 aromatic rings. The fraction of sp³-hybridized carbons (Fsp3) is 0. The lowest BCUT2D eigenvalue weighted by atomic mass is 10.4. The van der Waals surface area contributed by atoms with Gasteiger partial charge >= 0.3 is 0 Å². The number of nitrogens with one attached hydrogen (secondary N) is 1. The molecule has 0 amide bonds. The monoisotopic (exact) mass is 165 g/mol. The minimum atomic E-state index is 0.0432. The highest BCUT2D eigenvalue weighted by Crippen LogP contribution is 2.19. The molecule has 0 spiro atoms. The van der Waals surface area contributed by atoms with Crippen molar-refractivity contribution in [3.63, 3.8) is 0 Å². The van der Waals surface area contributed by atoms with Crippen molar-refractivity contribution in [1.82, 2.24) is 9.97 Å². The largest absolute Gasteiger partial charge is 0.393 e. The Kier molecular flexibility index (Phi) is 1.83. The summed E-state index contributed by atoms with van der Waals surface area (Å²) in [6.07, 6.45) is 1.63. The highest BCUT2D eigenvalue weighted by Gasteiger charge is 2.04. The minimum absolute atomic E-state index is 0.0432. The Morgan fingerprint density at radius 1 is 1.17 bits per heavy atom. The molecule has 0 saturated carbocycles. The maximum Gasteiger partial charge on any atom is 0.240 e. The lowest BCUT2D eigenvalue weighted by molar-refractivity contribution is 1.18. The molecule has 0 saturated heterocycles. The van der Waals surface area contributed by atoms with Crippen LogP contribution in [0, 0.1) is 11.5 Å². The van der Waals surface area contributed by atoms with Gasteiger partial charge in [0.2, 0.25) is 5.95 Å². The van der Waals surface area contributed by atoms with Crippen molar-refractivity contribution in [3.05, 3.63) is 0 Å². The highest BCUT2D eigenvalue weighted by molar-refractivity contribution is 5.72. The Labute approximate surface area is 68.2 Å². The average molecular weight is 165 g/mol. The van der Waals surface area contributed by atoms with Gasteiger partial charge in [-0.15, -0.1) is 0 Å². The van der Waals surface area contributed by atoms with E-state index in [2.05, 4.69) is 15.3 Å². The van der Waals surface area contributed by atoms with Gasteiger partial charge in [-0.2, -0.15) is 15.2 Å². The van der Waals surface area contributed by atoms with Gasteiger partial charge in [0.25, 0.3) is 0 Å². The molecule has 7 nitrogen and oxygen atoms in total. The van der Waals surface area contributed by atoms with Crippen molar-refractivity contribution >= 4 is 23.3 Å². The standard InChI is InChI=1S/C5H7N7/c6-1-10-5-11-3(8)2(7)4(9)12-5/h7H2,(H5,8,9,10,11,12). The average Bonchev–Trinajstić information content (AvgIpc) is 2.01. The molecule has 0 bridgehead atoms. The Hall–Kier alpha value is -2.23. The first-order chi connectivity index (χ1) is 5.65. The second kappa shape index (κ2) is 2.79. The van der Waals surface area contributed by atoms with Gasteiger partial charge in [-0.25, -0.2) is 0 Å².